The largest absolute Gasteiger partial charge is 0.381 e. The highest BCUT2D eigenvalue weighted by Crippen LogP contribution is 2.25. The van der Waals surface area contributed by atoms with Crippen molar-refractivity contribution in [1.82, 2.24) is 5.32 Å². The second-order valence-corrected chi connectivity index (χ2v) is 5.99. The van der Waals surface area contributed by atoms with Crippen molar-refractivity contribution >= 4 is 11.3 Å². The monoisotopic (exact) mass is 269 g/mol. The van der Waals surface area contributed by atoms with Crippen LogP contribution < -0.4 is 5.32 Å². The van der Waals surface area contributed by atoms with Gasteiger partial charge in [-0.1, -0.05) is 33.3 Å². The molecule has 1 aromatic heterocycles. The van der Waals surface area contributed by atoms with Crippen molar-refractivity contribution in [3.05, 3.63) is 22.4 Å². The Bertz CT molecular complexity index is 285. The molecule has 104 valence electrons. The highest BCUT2D eigenvalue weighted by atomic mass is 32.1. The van der Waals surface area contributed by atoms with E-state index in [0.29, 0.717) is 12.0 Å². The Morgan fingerprint density at radius 3 is 2.67 bits per heavy atom. The summed E-state index contributed by atoms with van der Waals surface area (Å²) in [6.07, 6.45) is 3.49. The first kappa shape index (κ1) is 15.7. The molecule has 1 unspecified atom stereocenters. The Balaban J connectivity index is 2.15. The average Bonchev–Trinajstić information content (AvgIpc) is 2.85. The first-order chi connectivity index (χ1) is 8.75. The fraction of sp³-hybridized carbons (Fsp3) is 0.733. The summed E-state index contributed by atoms with van der Waals surface area (Å²) < 4.78 is 5.57. The Morgan fingerprint density at radius 2 is 2.06 bits per heavy atom. The van der Waals surface area contributed by atoms with Crippen molar-refractivity contribution in [2.75, 3.05) is 19.8 Å². The number of unbranched alkanes of at least 4 members (excludes halogenated alkanes) is 1. The van der Waals surface area contributed by atoms with E-state index in [1.165, 1.54) is 17.7 Å². The van der Waals surface area contributed by atoms with Gasteiger partial charge in [0.25, 0.3) is 0 Å². The maximum Gasteiger partial charge on any atom is 0.0478 e. The van der Waals surface area contributed by atoms with Crippen LogP contribution in [0.5, 0.6) is 0 Å². The smallest absolute Gasteiger partial charge is 0.0478 e. The molecule has 0 aliphatic carbocycles. The van der Waals surface area contributed by atoms with Crippen LogP contribution >= 0.6 is 11.3 Å². The standard InChI is InChI=1S/C15H27NOS/c1-4-5-10-17-11-7-9-16-15(13(2)3)14-8-6-12-18-14/h6,8,12-13,15-16H,4-5,7,9-11H2,1-3H3. The maximum absolute atomic E-state index is 5.57. The van der Waals surface area contributed by atoms with Crippen molar-refractivity contribution in [2.24, 2.45) is 5.92 Å². The molecule has 0 spiro atoms. The van der Waals surface area contributed by atoms with Gasteiger partial charge in [0.1, 0.15) is 0 Å². The summed E-state index contributed by atoms with van der Waals surface area (Å²) in [5.74, 6) is 0.629. The maximum atomic E-state index is 5.57. The Morgan fingerprint density at radius 1 is 1.28 bits per heavy atom. The molecule has 1 heterocycles. The molecule has 1 rings (SSSR count). The minimum absolute atomic E-state index is 0.487. The molecular formula is C15H27NOS. The van der Waals surface area contributed by atoms with Crippen LogP contribution in [-0.2, 0) is 4.74 Å². The third kappa shape index (κ3) is 5.98. The fourth-order valence-corrected chi connectivity index (χ4v) is 2.89. The van der Waals surface area contributed by atoms with E-state index in [9.17, 15) is 0 Å². The van der Waals surface area contributed by atoms with Crippen LogP contribution in [0.4, 0.5) is 0 Å². The van der Waals surface area contributed by atoms with Gasteiger partial charge in [0.15, 0.2) is 0 Å². The van der Waals surface area contributed by atoms with Gasteiger partial charge in [-0.05, 0) is 36.8 Å². The van der Waals surface area contributed by atoms with E-state index in [0.717, 1.165) is 26.2 Å². The highest BCUT2D eigenvalue weighted by Gasteiger charge is 2.15. The molecule has 0 aromatic carbocycles. The quantitative estimate of drug-likeness (QED) is 0.641. The van der Waals surface area contributed by atoms with Gasteiger partial charge in [0, 0.05) is 24.1 Å². The molecule has 0 aliphatic heterocycles. The first-order valence-corrected chi connectivity index (χ1v) is 7.98. The van der Waals surface area contributed by atoms with Crippen LogP contribution in [0.1, 0.15) is 51.0 Å². The van der Waals surface area contributed by atoms with Gasteiger partial charge in [-0.15, -0.1) is 11.3 Å². The number of nitrogens with one attached hydrogen (secondary N) is 1. The number of hydrogen-bond acceptors (Lipinski definition) is 3. The lowest BCUT2D eigenvalue weighted by Crippen LogP contribution is -2.26. The second kappa shape index (κ2) is 9.54. The Labute approximate surface area is 116 Å². The van der Waals surface area contributed by atoms with Crippen molar-refractivity contribution in [3.63, 3.8) is 0 Å². The van der Waals surface area contributed by atoms with Crippen LogP contribution in [-0.4, -0.2) is 19.8 Å². The summed E-state index contributed by atoms with van der Waals surface area (Å²) in [6.45, 7) is 9.56. The summed E-state index contributed by atoms with van der Waals surface area (Å²) in [5.41, 5.74) is 0. The SMILES string of the molecule is CCCCOCCCNC(c1cccs1)C(C)C. The zero-order valence-corrected chi connectivity index (χ0v) is 12.8. The number of rotatable bonds is 10. The third-order valence-corrected chi connectivity index (χ3v) is 3.94. The molecule has 3 heteroatoms. The fourth-order valence-electron chi connectivity index (χ4n) is 1.91. The predicted octanol–water partition coefficient (Wildman–Crippen LogP) is 4.24. The Hall–Kier alpha value is -0.380. The molecule has 18 heavy (non-hydrogen) atoms. The van der Waals surface area contributed by atoms with Crippen molar-refractivity contribution < 1.29 is 4.74 Å². The summed E-state index contributed by atoms with van der Waals surface area (Å²) >= 11 is 1.84. The summed E-state index contributed by atoms with van der Waals surface area (Å²) in [4.78, 5) is 1.44. The molecule has 0 radical (unpaired) electrons. The van der Waals surface area contributed by atoms with Crippen LogP contribution in [0.3, 0.4) is 0 Å². The average molecular weight is 269 g/mol. The number of ether oxygens (including phenoxy) is 1. The van der Waals surface area contributed by atoms with Gasteiger partial charge in [0.05, 0.1) is 0 Å². The predicted molar refractivity (Wildman–Crippen MR) is 80.2 cm³/mol. The molecule has 0 aliphatic rings. The van der Waals surface area contributed by atoms with Gasteiger partial charge in [0.2, 0.25) is 0 Å². The van der Waals surface area contributed by atoms with E-state index >= 15 is 0 Å². The molecule has 0 amide bonds. The van der Waals surface area contributed by atoms with Gasteiger partial charge in [-0.25, -0.2) is 0 Å². The molecule has 1 aromatic rings. The normalized spacial score (nSPS) is 13.1. The lowest BCUT2D eigenvalue weighted by atomic mass is 10.0. The van der Waals surface area contributed by atoms with Crippen LogP contribution in [0.15, 0.2) is 17.5 Å². The minimum Gasteiger partial charge on any atom is -0.381 e. The van der Waals surface area contributed by atoms with Crippen LogP contribution in [0, 0.1) is 5.92 Å². The van der Waals surface area contributed by atoms with E-state index in [4.69, 9.17) is 4.74 Å². The molecule has 1 N–H and O–H groups in total. The van der Waals surface area contributed by atoms with Gasteiger partial charge in [-0.3, -0.25) is 0 Å². The van der Waals surface area contributed by atoms with Gasteiger partial charge >= 0.3 is 0 Å². The molecular weight excluding hydrogens is 242 g/mol. The Kier molecular flexibility index (Phi) is 8.31. The minimum atomic E-state index is 0.487. The number of thiophene rings is 1. The summed E-state index contributed by atoms with van der Waals surface area (Å²) in [7, 11) is 0. The van der Waals surface area contributed by atoms with Gasteiger partial charge in [-0.2, -0.15) is 0 Å². The van der Waals surface area contributed by atoms with Crippen LogP contribution in [0.2, 0.25) is 0 Å². The number of hydrogen-bond donors (Lipinski definition) is 1. The zero-order chi connectivity index (χ0) is 13.2. The molecule has 2 nitrogen and oxygen atoms in total. The van der Waals surface area contributed by atoms with E-state index in [1.807, 2.05) is 11.3 Å². The molecule has 0 saturated heterocycles. The van der Waals surface area contributed by atoms with Crippen molar-refractivity contribution in [1.29, 1.82) is 0 Å². The van der Waals surface area contributed by atoms with E-state index in [1.54, 1.807) is 0 Å². The topological polar surface area (TPSA) is 21.3 Å². The third-order valence-electron chi connectivity index (χ3n) is 2.99. The summed E-state index contributed by atoms with van der Waals surface area (Å²) in [6, 6.07) is 4.84. The molecule has 0 bridgehead atoms. The van der Waals surface area contributed by atoms with Crippen molar-refractivity contribution in [3.8, 4) is 0 Å². The first-order valence-electron chi connectivity index (χ1n) is 7.10. The van der Waals surface area contributed by atoms with Crippen LogP contribution in [0.25, 0.3) is 0 Å². The van der Waals surface area contributed by atoms with E-state index in [2.05, 4.69) is 43.6 Å². The van der Waals surface area contributed by atoms with E-state index < -0.39 is 0 Å². The molecule has 1 atom stereocenters. The zero-order valence-electron chi connectivity index (χ0n) is 11.9. The highest BCUT2D eigenvalue weighted by molar-refractivity contribution is 7.10. The lowest BCUT2D eigenvalue weighted by Gasteiger charge is -2.21. The molecule has 0 saturated carbocycles. The second-order valence-electron chi connectivity index (χ2n) is 5.01. The molecule has 0 fully saturated rings. The van der Waals surface area contributed by atoms with Crippen molar-refractivity contribution in [2.45, 2.75) is 46.1 Å². The van der Waals surface area contributed by atoms with Gasteiger partial charge < -0.3 is 10.1 Å². The van der Waals surface area contributed by atoms with E-state index in [-0.39, 0.29) is 0 Å². The summed E-state index contributed by atoms with van der Waals surface area (Å²) in [5, 5.41) is 5.80. The lowest BCUT2D eigenvalue weighted by molar-refractivity contribution is 0.127.